The Morgan fingerprint density at radius 3 is 2.60 bits per heavy atom. The summed E-state index contributed by atoms with van der Waals surface area (Å²) in [5.74, 6) is 0.767. The normalized spacial score (nSPS) is 9.53. The molecular weight excluding hydrogens is 188 g/mol. The first-order chi connectivity index (χ1) is 7.38. The van der Waals surface area contributed by atoms with Crippen LogP contribution in [0.3, 0.4) is 0 Å². The predicted octanol–water partition coefficient (Wildman–Crippen LogP) is 2.47. The third-order valence-corrected chi connectivity index (χ3v) is 2.04. The van der Waals surface area contributed by atoms with E-state index in [0.717, 1.165) is 11.4 Å². The number of hydrogen-bond donors (Lipinski definition) is 1. The molecule has 0 bridgehead atoms. The lowest BCUT2D eigenvalue weighted by Gasteiger charge is -2.04. The zero-order chi connectivity index (χ0) is 10.5. The van der Waals surface area contributed by atoms with Crippen LogP contribution in [0.2, 0.25) is 0 Å². The number of rotatable bonds is 3. The Morgan fingerprint density at radius 1 is 1.20 bits per heavy atom. The van der Waals surface area contributed by atoms with Crippen LogP contribution in [-0.2, 0) is 6.61 Å². The van der Waals surface area contributed by atoms with Crippen LogP contribution < -0.4 is 4.74 Å². The molecule has 1 heterocycles. The fourth-order valence-corrected chi connectivity index (χ4v) is 1.24. The van der Waals surface area contributed by atoms with Gasteiger partial charge in [-0.3, -0.25) is 0 Å². The van der Waals surface area contributed by atoms with E-state index in [1.807, 2.05) is 18.3 Å². The lowest BCUT2D eigenvalue weighted by molar-refractivity contribution is 0.302. The molecule has 0 unspecified atom stereocenters. The van der Waals surface area contributed by atoms with E-state index >= 15 is 0 Å². The molecule has 0 fully saturated rings. The molecule has 2 aromatic rings. The van der Waals surface area contributed by atoms with Gasteiger partial charge in [-0.25, -0.2) is 0 Å². The van der Waals surface area contributed by atoms with Gasteiger partial charge in [0.1, 0.15) is 12.4 Å². The van der Waals surface area contributed by atoms with Gasteiger partial charge in [-0.15, -0.1) is 0 Å². The molecular formula is C12H10N2O. The van der Waals surface area contributed by atoms with Crippen LogP contribution in [0, 0.1) is 11.3 Å². The predicted molar refractivity (Wildman–Crippen MR) is 56.3 cm³/mol. The zero-order valence-electron chi connectivity index (χ0n) is 8.10. The van der Waals surface area contributed by atoms with E-state index in [-0.39, 0.29) is 0 Å². The van der Waals surface area contributed by atoms with Gasteiger partial charge in [0.05, 0.1) is 17.3 Å². The van der Waals surface area contributed by atoms with Crippen LogP contribution in [0.25, 0.3) is 0 Å². The van der Waals surface area contributed by atoms with Crippen molar-refractivity contribution < 1.29 is 4.74 Å². The van der Waals surface area contributed by atoms with Crippen molar-refractivity contribution in [1.82, 2.24) is 4.98 Å². The molecule has 0 aliphatic heterocycles. The Bertz CT molecular complexity index is 451. The maximum absolute atomic E-state index is 8.61. The van der Waals surface area contributed by atoms with E-state index in [1.54, 1.807) is 24.3 Å². The molecule has 74 valence electrons. The lowest BCUT2D eigenvalue weighted by atomic mass is 10.2. The van der Waals surface area contributed by atoms with Gasteiger partial charge in [0, 0.05) is 6.20 Å². The molecule has 1 N–H and O–H groups in total. The molecule has 0 saturated carbocycles. The first-order valence-corrected chi connectivity index (χ1v) is 4.64. The Morgan fingerprint density at radius 2 is 2.00 bits per heavy atom. The maximum Gasteiger partial charge on any atom is 0.128 e. The second-order valence-corrected chi connectivity index (χ2v) is 3.12. The highest BCUT2D eigenvalue weighted by Gasteiger charge is 1.96. The first kappa shape index (κ1) is 9.35. The number of nitrogens with zero attached hydrogens (tertiary/aromatic N) is 1. The highest BCUT2D eigenvalue weighted by Crippen LogP contribution is 2.13. The molecule has 1 aromatic carbocycles. The van der Waals surface area contributed by atoms with Crippen LogP contribution in [-0.4, -0.2) is 4.98 Å². The minimum Gasteiger partial charge on any atom is -0.487 e. The van der Waals surface area contributed by atoms with Crippen molar-refractivity contribution in [3.05, 3.63) is 53.9 Å². The largest absolute Gasteiger partial charge is 0.487 e. The third-order valence-electron chi connectivity index (χ3n) is 2.04. The molecule has 1 aromatic heterocycles. The molecule has 0 aliphatic rings. The SMILES string of the molecule is N#Cc1ccc(OCc2ccc[nH]2)cc1. The van der Waals surface area contributed by atoms with Crippen LogP contribution in [0.15, 0.2) is 42.6 Å². The fourth-order valence-electron chi connectivity index (χ4n) is 1.24. The topological polar surface area (TPSA) is 48.8 Å². The molecule has 3 nitrogen and oxygen atoms in total. The van der Waals surface area contributed by atoms with Gasteiger partial charge < -0.3 is 9.72 Å². The highest BCUT2D eigenvalue weighted by molar-refractivity contribution is 5.34. The number of aromatic nitrogens is 1. The summed E-state index contributed by atoms with van der Waals surface area (Å²) in [6.45, 7) is 0.513. The number of benzene rings is 1. The van der Waals surface area contributed by atoms with Crippen LogP contribution in [0.5, 0.6) is 5.75 Å². The zero-order valence-corrected chi connectivity index (χ0v) is 8.10. The van der Waals surface area contributed by atoms with E-state index in [1.165, 1.54) is 0 Å². The van der Waals surface area contributed by atoms with Crippen LogP contribution in [0.1, 0.15) is 11.3 Å². The summed E-state index contributed by atoms with van der Waals surface area (Å²) in [4.78, 5) is 3.05. The number of hydrogen-bond acceptors (Lipinski definition) is 2. The summed E-state index contributed by atoms with van der Waals surface area (Å²) >= 11 is 0. The summed E-state index contributed by atoms with van der Waals surface area (Å²) in [5.41, 5.74) is 1.67. The quantitative estimate of drug-likeness (QED) is 0.823. The average molecular weight is 198 g/mol. The van der Waals surface area contributed by atoms with Crippen LogP contribution in [0.4, 0.5) is 0 Å². The fraction of sp³-hybridized carbons (Fsp3) is 0.0833. The van der Waals surface area contributed by atoms with Crippen LogP contribution >= 0.6 is 0 Å². The number of nitrogens with one attached hydrogen (secondary N) is 1. The summed E-state index contributed by atoms with van der Waals surface area (Å²) in [7, 11) is 0. The molecule has 15 heavy (non-hydrogen) atoms. The Kier molecular flexibility index (Phi) is 2.70. The third kappa shape index (κ3) is 2.38. The summed E-state index contributed by atoms with van der Waals surface area (Å²) in [5, 5.41) is 8.61. The van der Waals surface area contributed by atoms with Crippen molar-refractivity contribution in [1.29, 1.82) is 5.26 Å². The average Bonchev–Trinajstić information content (AvgIpc) is 2.80. The molecule has 0 radical (unpaired) electrons. The smallest absolute Gasteiger partial charge is 0.128 e. The molecule has 2 rings (SSSR count). The molecule has 0 spiro atoms. The van der Waals surface area contributed by atoms with Crippen molar-refractivity contribution in [2.24, 2.45) is 0 Å². The standard InChI is InChI=1S/C12H10N2O/c13-8-10-3-5-12(6-4-10)15-9-11-2-1-7-14-11/h1-7,14H,9H2. The number of ether oxygens (including phenoxy) is 1. The van der Waals surface area contributed by atoms with Gasteiger partial charge in [-0.1, -0.05) is 0 Å². The summed E-state index contributed by atoms with van der Waals surface area (Å²) in [6, 6.07) is 13.0. The van der Waals surface area contributed by atoms with Gasteiger partial charge in [0.2, 0.25) is 0 Å². The molecule has 3 heteroatoms. The van der Waals surface area contributed by atoms with E-state index in [2.05, 4.69) is 11.1 Å². The van der Waals surface area contributed by atoms with Crippen molar-refractivity contribution in [2.75, 3.05) is 0 Å². The van der Waals surface area contributed by atoms with Gasteiger partial charge in [-0.2, -0.15) is 5.26 Å². The Hall–Kier alpha value is -2.21. The minimum absolute atomic E-state index is 0.513. The number of nitriles is 1. The number of aromatic amines is 1. The van der Waals surface area contributed by atoms with Gasteiger partial charge in [0.25, 0.3) is 0 Å². The van der Waals surface area contributed by atoms with E-state index in [0.29, 0.717) is 12.2 Å². The van der Waals surface area contributed by atoms with Crippen molar-refractivity contribution in [3.8, 4) is 11.8 Å². The van der Waals surface area contributed by atoms with Crippen molar-refractivity contribution >= 4 is 0 Å². The molecule has 0 atom stereocenters. The highest BCUT2D eigenvalue weighted by atomic mass is 16.5. The van der Waals surface area contributed by atoms with Crippen molar-refractivity contribution in [3.63, 3.8) is 0 Å². The monoisotopic (exact) mass is 198 g/mol. The van der Waals surface area contributed by atoms with Gasteiger partial charge in [0.15, 0.2) is 0 Å². The van der Waals surface area contributed by atoms with Crippen molar-refractivity contribution in [2.45, 2.75) is 6.61 Å². The van der Waals surface area contributed by atoms with E-state index in [4.69, 9.17) is 10.00 Å². The molecule has 0 amide bonds. The van der Waals surface area contributed by atoms with E-state index in [9.17, 15) is 0 Å². The van der Waals surface area contributed by atoms with E-state index < -0.39 is 0 Å². The number of H-pyrrole nitrogens is 1. The first-order valence-electron chi connectivity index (χ1n) is 4.64. The minimum atomic E-state index is 0.513. The maximum atomic E-state index is 8.61. The molecule has 0 saturated heterocycles. The Balaban J connectivity index is 1.97. The Labute approximate surface area is 87.9 Å². The second-order valence-electron chi connectivity index (χ2n) is 3.12. The summed E-state index contributed by atoms with van der Waals surface area (Å²) < 4.78 is 5.51. The van der Waals surface area contributed by atoms with Gasteiger partial charge in [-0.05, 0) is 36.4 Å². The lowest BCUT2D eigenvalue weighted by Crippen LogP contribution is -1.95. The molecule has 0 aliphatic carbocycles. The van der Waals surface area contributed by atoms with Gasteiger partial charge >= 0.3 is 0 Å². The second kappa shape index (κ2) is 4.34. The summed E-state index contributed by atoms with van der Waals surface area (Å²) in [6.07, 6.45) is 1.86.